The van der Waals surface area contributed by atoms with E-state index in [0.29, 0.717) is 6.04 Å². The fourth-order valence-corrected chi connectivity index (χ4v) is 2.32. The van der Waals surface area contributed by atoms with Crippen LogP contribution in [0.25, 0.3) is 0 Å². The highest BCUT2D eigenvalue weighted by molar-refractivity contribution is 9.10. The Bertz CT molecular complexity index is 505. The highest BCUT2D eigenvalue weighted by Crippen LogP contribution is 2.17. The van der Waals surface area contributed by atoms with Crippen molar-refractivity contribution >= 4 is 15.9 Å². The molecule has 0 aromatic heterocycles. The van der Waals surface area contributed by atoms with Gasteiger partial charge in [0.05, 0.1) is 0 Å². The van der Waals surface area contributed by atoms with Crippen molar-refractivity contribution in [2.24, 2.45) is 0 Å². The summed E-state index contributed by atoms with van der Waals surface area (Å²) in [5, 5.41) is 3.56. The van der Waals surface area contributed by atoms with Crippen molar-refractivity contribution in [1.29, 1.82) is 0 Å². The molecule has 2 heteroatoms. The predicted molar refractivity (Wildman–Crippen MR) is 80.6 cm³/mol. The molecule has 0 unspecified atom stereocenters. The van der Waals surface area contributed by atoms with Gasteiger partial charge in [-0.15, -0.1) is 0 Å². The minimum Gasteiger partial charge on any atom is -0.306 e. The molecule has 0 bridgehead atoms. The van der Waals surface area contributed by atoms with Crippen LogP contribution in [-0.4, -0.2) is 0 Å². The van der Waals surface area contributed by atoms with Gasteiger partial charge in [0, 0.05) is 17.1 Å². The molecule has 1 N–H and O–H groups in total. The number of benzene rings is 2. The molecular formula is C16H18BrN. The quantitative estimate of drug-likeness (QED) is 0.870. The second kappa shape index (κ2) is 6.17. The molecule has 0 fully saturated rings. The molecule has 2 aromatic carbocycles. The Balaban J connectivity index is 1.98. The summed E-state index contributed by atoms with van der Waals surface area (Å²) in [5.74, 6) is 0. The molecule has 1 nitrogen and oxygen atoms in total. The predicted octanol–water partition coefficient (Wildman–Crippen LogP) is 4.61. The van der Waals surface area contributed by atoms with Gasteiger partial charge in [0.25, 0.3) is 0 Å². The molecule has 0 saturated heterocycles. The topological polar surface area (TPSA) is 12.0 Å². The lowest BCUT2D eigenvalue weighted by molar-refractivity contribution is 0.572. The lowest BCUT2D eigenvalue weighted by atomic mass is 10.0. The minimum absolute atomic E-state index is 0.370. The normalized spacial score (nSPS) is 12.4. The first-order valence-electron chi connectivity index (χ1n) is 6.20. The van der Waals surface area contributed by atoms with Gasteiger partial charge in [-0.3, -0.25) is 0 Å². The highest BCUT2D eigenvalue weighted by Gasteiger charge is 2.06. The number of hydrogen-bond donors (Lipinski definition) is 1. The van der Waals surface area contributed by atoms with E-state index < -0.39 is 0 Å². The number of aryl methyl sites for hydroxylation is 1. The number of nitrogens with one attached hydrogen (secondary N) is 1. The summed E-state index contributed by atoms with van der Waals surface area (Å²) in [6, 6.07) is 17.3. The Morgan fingerprint density at radius 1 is 1.06 bits per heavy atom. The van der Waals surface area contributed by atoms with E-state index in [1.165, 1.54) is 16.7 Å². The fraction of sp³-hybridized carbons (Fsp3) is 0.250. The lowest BCUT2D eigenvalue weighted by Crippen LogP contribution is -2.18. The van der Waals surface area contributed by atoms with Crippen LogP contribution in [0, 0.1) is 6.92 Å². The lowest BCUT2D eigenvalue weighted by Gasteiger charge is -2.16. The zero-order valence-electron chi connectivity index (χ0n) is 10.8. The van der Waals surface area contributed by atoms with E-state index in [-0.39, 0.29) is 0 Å². The highest BCUT2D eigenvalue weighted by atomic mass is 79.9. The van der Waals surface area contributed by atoms with Gasteiger partial charge in [-0.2, -0.15) is 0 Å². The molecule has 2 aromatic rings. The Kier molecular flexibility index (Phi) is 4.56. The maximum atomic E-state index is 3.56. The van der Waals surface area contributed by atoms with Crippen molar-refractivity contribution in [3.05, 3.63) is 69.7 Å². The summed E-state index contributed by atoms with van der Waals surface area (Å²) >= 11 is 3.45. The third kappa shape index (κ3) is 3.44. The Morgan fingerprint density at radius 2 is 1.72 bits per heavy atom. The fourth-order valence-electron chi connectivity index (χ4n) is 2.06. The molecule has 18 heavy (non-hydrogen) atoms. The van der Waals surface area contributed by atoms with Gasteiger partial charge in [0.1, 0.15) is 0 Å². The van der Waals surface area contributed by atoms with E-state index in [1.807, 2.05) is 0 Å². The van der Waals surface area contributed by atoms with Crippen LogP contribution in [0.5, 0.6) is 0 Å². The third-order valence-electron chi connectivity index (χ3n) is 3.18. The molecule has 2 rings (SSSR count). The molecule has 0 aliphatic heterocycles. The zero-order chi connectivity index (χ0) is 13.0. The summed E-state index contributed by atoms with van der Waals surface area (Å²) in [7, 11) is 0. The van der Waals surface area contributed by atoms with Crippen molar-refractivity contribution < 1.29 is 0 Å². The van der Waals surface area contributed by atoms with Crippen LogP contribution in [0.2, 0.25) is 0 Å². The number of hydrogen-bond acceptors (Lipinski definition) is 1. The summed E-state index contributed by atoms with van der Waals surface area (Å²) in [4.78, 5) is 0. The van der Waals surface area contributed by atoms with E-state index >= 15 is 0 Å². The van der Waals surface area contributed by atoms with Gasteiger partial charge in [-0.25, -0.2) is 0 Å². The first-order chi connectivity index (χ1) is 8.66. The maximum absolute atomic E-state index is 3.56. The van der Waals surface area contributed by atoms with Crippen LogP contribution in [-0.2, 0) is 6.54 Å². The van der Waals surface area contributed by atoms with Gasteiger partial charge in [-0.05, 0) is 42.7 Å². The van der Waals surface area contributed by atoms with E-state index in [1.54, 1.807) is 0 Å². The van der Waals surface area contributed by atoms with Crippen molar-refractivity contribution in [3.8, 4) is 0 Å². The summed E-state index contributed by atoms with van der Waals surface area (Å²) in [6.07, 6.45) is 0. The molecule has 0 amide bonds. The Morgan fingerprint density at radius 3 is 2.39 bits per heavy atom. The molecule has 94 valence electrons. The molecule has 1 atom stereocenters. The van der Waals surface area contributed by atoms with Crippen LogP contribution in [0.4, 0.5) is 0 Å². The Labute approximate surface area is 117 Å². The molecule has 0 spiro atoms. The maximum Gasteiger partial charge on any atom is 0.0297 e. The molecule has 0 saturated carbocycles. The standard InChI is InChI=1S/C16H18BrN/c1-12-5-3-4-6-16(12)13(2)18-11-14-7-9-15(17)10-8-14/h3-10,13,18H,11H2,1-2H3/t13-/m0/s1. The molecule has 0 heterocycles. The van der Waals surface area contributed by atoms with Crippen LogP contribution in [0.3, 0.4) is 0 Å². The SMILES string of the molecule is Cc1ccccc1[C@H](C)NCc1ccc(Br)cc1. The van der Waals surface area contributed by atoms with Crippen LogP contribution >= 0.6 is 15.9 Å². The molecule has 0 aliphatic rings. The average Bonchev–Trinajstić information content (AvgIpc) is 2.38. The van der Waals surface area contributed by atoms with Gasteiger partial charge in [0.2, 0.25) is 0 Å². The number of rotatable bonds is 4. The van der Waals surface area contributed by atoms with Gasteiger partial charge in [-0.1, -0.05) is 52.3 Å². The molecular weight excluding hydrogens is 286 g/mol. The molecule has 0 aliphatic carbocycles. The first-order valence-corrected chi connectivity index (χ1v) is 6.99. The smallest absolute Gasteiger partial charge is 0.0297 e. The average molecular weight is 304 g/mol. The summed E-state index contributed by atoms with van der Waals surface area (Å²) < 4.78 is 1.12. The van der Waals surface area contributed by atoms with E-state index in [2.05, 4.69) is 83.6 Å². The monoisotopic (exact) mass is 303 g/mol. The van der Waals surface area contributed by atoms with Crippen LogP contribution in [0.15, 0.2) is 53.0 Å². The Hall–Kier alpha value is -1.12. The second-order valence-electron chi connectivity index (χ2n) is 4.59. The van der Waals surface area contributed by atoms with E-state index in [0.717, 1.165) is 11.0 Å². The largest absolute Gasteiger partial charge is 0.306 e. The van der Waals surface area contributed by atoms with Crippen molar-refractivity contribution in [2.75, 3.05) is 0 Å². The molecule has 0 radical (unpaired) electrons. The summed E-state index contributed by atoms with van der Waals surface area (Å²) in [5.41, 5.74) is 4.02. The second-order valence-corrected chi connectivity index (χ2v) is 5.50. The third-order valence-corrected chi connectivity index (χ3v) is 3.71. The van der Waals surface area contributed by atoms with E-state index in [4.69, 9.17) is 0 Å². The van der Waals surface area contributed by atoms with Crippen LogP contribution < -0.4 is 5.32 Å². The zero-order valence-corrected chi connectivity index (χ0v) is 12.4. The number of halogens is 1. The first kappa shape index (κ1) is 13.3. The van der Waals surface area contributed by atoms with Gasteiger partial charge < -0.3 is 5.32 Å². The minimum atomic E-state index is 0.370. The van der Waals surface area contributed by atoms with Gasteiger partial charge >= 0.3 is 0 Å². The van der Waals surface area contributed by atoms with Crippen molar-refractivity contribution in [3.63, 3.8) is 0 Å². The summed E-state index contributed by atoms with van der Waals surface area (Å²) in [6.45, 7) is 5.26. The van der Waals surface area contributed by atoms with Crippen LogP contribution in [0.1, 0.15) is 29.7 Å². The van der Waals surface area contributed by atoms with Crippen molar-refractivity contribution in [1.82, 2.24) is 5.32 Å². The van der Waals surface area contributed by atoms with E-state index in [9.17, 15) is 0 Å². The van der Waals surface area contributed by atoms with Crippen molar-refractivity contribution in [2.45, 2.75) is 26.4 Å². The van der Waals surface area contributed by atoms with Gasteiger partial charge in [0.15, 0.2) is 0 Å².